The maximum absolute atomic E-state index is 12.2. The fraction of sp³-hybridized carbons (Fsp3) is 0.385. The Bertz CT molecular complexity index is 613. The number of nitrogens with zero attached hydrogens (tertiary/aromatic N) is 2. The van der Waals surface area contributed by atoms with Crippen molar-refractivity contribution in [3.05, 3.63) is 40.3 Å². The van der Waals surface area contributed by atoms with E-state index in [1.807, 2.05) is 23.8 Å². The van der Waals surface area contributed by atoms with Gasteiger partial charge in [0.15, 0.2) is 0 Å². The summed E-state index contributed by atoms with van der Waals surface area (Å²) in [5, 5.41) is 2.83. The third-order valence-corrected chi connectivity index (χ3v) is 3.49. The number of aryl methyl sites for hydroxylation is 1. The van der Waals surface area contributed by atoms with E-state index in [-0.39, 0.29) is 5.91 Å². The third-order valence-electron chi connectivity index (χ3n) is 3.06. The second-order valence-electron chi connectivity index (χ2n) is 4.73. The molecule has 1 aliphatic carbocycles. The van der Waals surface area contributed by atoms with E-state index in [1.54, 1.807) is 6.20 Å². The summed E-state index contributed by atoms with van der Waals surface area (Å²) in [6, 6.07) is 2.31. The maximum Gasteiger partial charge on any atom is 0.268 e. The van der Waals surface area contributed by atoms with Gasteiger partial charge in [-0.15, -0.1) is 0 Å². The van der Waals surface area contributed by atoms with Gasteiger partial charge >= 0.3 is 0 Å². The van der Waals surface area contributed by atoms with Crippen LogP contribution in [0.25, 0.3) is 0 Å². The van der Waals surface area contributed by atoms with Crippen molar-refractivity contribution in [1.29, 1.82) is 0 Å². The Labute approximate surface area is 119 Å². The number of aromatic nitrogens is 2. The minimum absolute atomic E-state index is 0.103. The van der Waals surface area contributed by atoms with Crippen LogP contribution in [0.2, 0.25) is 0 Å². The summed E-state index contributed by atoms with van der Waals surface area (Å²) >= 11 is 3.42. The summed E-state index contributed by atoms with van der Waals surface area (Å²) < 4.78 is 8.28. The van der Waals surface area contributed by atoms with Crippen molar-refractivity contribution in [3.63, 3.8) is 0 Å². The average Bonchev–Trinajstić information content (AvgIpc) is 3.03. The molecule has 2 aromatic rings. The first-order valence-electron chi connectivity index (χ1n) is 6.20. The van der Waals surface area contributed by atoms with E-state index >= 15 is 0 Å². The number of nitrogens with one attached hydrogen (secondary N) is 1. The first-order valence-corrected chi connectivity index (χ1v) is 6.99. The molecule has 0 unspecified atom stereocenters. The average molecular weight is 324 g/mol. The molecule has 0 bridgehead atoms. The first-order chi connectivity index (χ1) is 9.13. The Morgan fingerprint density at radius 2 is 2.42 bits per heavy atom. The molecule has 0 spiro atoms. The molecule has 19 heavy (non-hydrogen) atoms. The summed E-state index contributed by atoms with van der Waals surface area (Å²) in [6.07, 6.45) is 5.88. The molecule has 0 radical (unpaired) electrons. The first kappa shape index (κ1) is 12.5. The van der Waals surface area contributed by atoms with E-state index in [1.165, 1.54) is 0 Å². The molecule has 100 valence electrons. The Morgan fingerprint density at radius 1 is 1.63 bits per heavy atom. The number of carbonyl (C=O) groups excluding carboxylic acids is 1. The van der Waals surface area contributed by atoms with Gasteiger partial charge in [-0.1, -0.05) is 0 Å². The van der Waals surface area contributed by atoms with Crippen LogP contribution in [0.15, 0.2) is 27.3 Å². The number of hydrogen-bond acceptors (Lipinski definition) is 3. The lowest BCUT2D eigenvalue weighted by molar-refractivity contribution is 0.0937. The fourth-order valence-electron chi connectivity index (χ4n) is 2.01. The molecule has 1 aliphatic rings. The third kappa shape index (κ3) is 2.73. The SMILES string of the molecule is Cc1cnc(CNC(=O)c2cc(Br)cn2C2CC2)o1. The van der Waals surface area contributed by atoms with Crippen molar-refractivity contribution >= 4 is 21.8 Å². The minimum atomic E-state index is -0.103. The molecular formula is C13H14BrN3O2. The molecule has 0 aromatic carbocycles. The Morgan fingerprint density at radius 3 is 3.05 bits per heavy atom. The standard InChI is InChI=1S/C13H14BrN3O2/c1-8-5-15-12(19-8)6-16-13(18)11-4-9(14)7-17(11)10-2-3-10/h4-5,7,10H,2-3,6H2,1H3,(H,16,18). The van der Waals surface area contributed by atoms with E-state index in [4.69, 9.17) is 4.42 Å². The van der Waals surface area contributed by atoms with Crippen LogP contribution in [0.3, 0.4) is 0 Å². The number of carbonyl (C=O) groups is 1. The van der Waals surface area contributed by atoms with Gasteiger partial charge in [0.05, 0.1) is 12.7 Å². The van der Waals surface area contributed by atoms with Gasteiger partial charge in [0, 0.05) is 16.7 Å². The molecular weight excluding hydrogens is 310 g/mol. The van der Waals surface area contributed by atoms with Crippen LogP contribution < -0.4 is 5.32 Å². The summed E-state index contributed by atoms with van der Waals surface area (Å²) in [6.45, 7) is 2.13. The fourth-order valence-corrected chi connectivity index (χ4v) is 2.45. The molecule has 1 fully saturated rings. The van der Waals surface area contributed by atoms with Crippen molar-refractivity contribution in [1.82, 2.24) is 14.9 Å². The van der Waals surface area contributed by atoms with Gasteiger partial charge in [0.2, 0.25) is 5.89 Å². The highest BCUT2D eigenvalue weighted by molar-refractivity contribution is 9.10. The predicted octanol–water partition coefficient (Wildman–Crippen LogP) is 2.81. The smallest absolute Gasteiger partial charge is 0.268 e. The number of halogens is 1. The van der Waals surface area contributed by atoms with Crippen molar-refractivity contribution < 1.29 is 9.21 Å². The largest absolute Gasteiger partial charge is 0.444 e. The molecule has 0 atom stereocenters. The van der Waals surface area contributed by atoms with Crippen LogP contribution >= 0.6 is 15.9 Å². The zero-order chi connectivity index (χ0) is 13.4. The van der Waals surface area contributed by atoms with Crippen LogP contribution in [-0.2, 0) is 6.54 Å². The van der Waals surface area contributed by atoms with Crippen LogP contribution in [-0.4, -0.2) is 15.5 Å². The van der Waals surface area contributed by atoms with Crippen LogP contribution in [0.4, 0.5) is 0 Å². The maximum atomic E-state index is 12.2. The normalized spacial score (nSPS) is 14.6. The van der Waals surface area contributed by atoms with E-state index in [0.29, 0.717) is 24.2 Å². The van der Waals surface area contributed by atoms with Crippen molar-refractivity contribution in [2.24, 2.45) is 0 Å². The van der Waals surface area contributed by atoms with Gasteiger partial charge in [0.1, 0.15) is 11.5 Å². The molecule has 1 amide bonds. The summed E-state index contributed by atoms with van der Waals surface area (Å²) in [7, 11) is 0. The van der Waals surface area contributed by atoms with Crippen LogP contribution in [0.5, 0.6) is 0 Å². The van der Waals surface area contributed by atoms with Crippen LogP contribution in [0.1, 0.15) is 41.0 Å². The Balaban J connectivity index is 1.70. The number of oxazole rings is 1. The summed E-state index contributed by atoms with van der Waals surface area (Å²) in [5.74, 6) is 1.16. The molecule has 1 N–H and O–H groups in total. The second kappa shape index (κ2) is 4.85. The van der Waals surface area contributed by atoms with Gasteiger partial charge in [-0.25, -0.2) is 4.98 Å². The zero-order valence-corrected chi connectivity index (χ0v) is 12.1. The molecule has 0 aliphatic heterocycles. The number of rotatable bonds is 4. The van der Waals surface area contributed by atoms with E-state index in [9.17, 15) is 4.79 Å². The monoisotopic (exact) mass is 323 g/mol. The highest BCUT2D eigenvalue weighted by Gasteiger charge is 2.27. The molecule has 2 heterocycles. The minimum Gasteiger partial charge on any atom is -0.444 e. The van der Waals surface area contributed by atoms with Gasteiger partial charge in [0.25, 0.3) is 5.91 Å². The van der Waals surface area contributed by atoms with Crippen molar-refractivity contribution in [2.75, 3.05) is 0 Å². The van der Waals surface area contributed by atoms with E-state index in [2.05, 4.69) is 26.2 Å². The summed E-state index contributed by atoms with van der Waals surface area (Å²) in [5.41, 5.74) is 0.678. The molecule has 6 heteroatoms. The van der Waals surface area contributed by atoms with Crippen LogP contribution in [0, 0.1) is 6.92 Å². The second-order valence-corrected chi connectivity index (χ2v) is 5.65. The lowest BCUT2D eigenvalue weighted by Gasteiger charge is -2.07. The predicted molar refractivity (Wildman–Crippen MR) is 72.8 cm³/mol. The summed E-state index contributed by atoms with van der Waals surface area (Å²) in [4.78, 5) is 16.2. The van der Waals surface area contributed by atoms with Gasteiger partial charge in [-0.05, 0) is 41.8 Å². The van der Waals surface area contributed by atoms with Crippen molar-refractivity contribution in [2.45, 2.75) is 32.4 Å². The highest BCUT2D eigenvalue weighted by Crippen LogP contribution is 2.37. The lowest BCUT2D eigenvalue weighted by atomic mass is 10.4. The molecule has 1 saturated carbocycles. The van der Waals surface area contributed by atoms with Gasteiger partial charge in [-0.2, -0.15) is 0 Å². The Hall–Kier alpha value is -1.56. The molecule has 3 rings (SSSR count). The van der Waals surface area contributed by atoms with Crippen molar-refractivity contribution in [3.8, 4) is 0 Å². The zero-order valence-electron chi connectivity index (χ0n) is 10.5. The van der Waals surface area contributed by atoms with Gasteiger partial charge < -0.3 is 14.3 Å². The highest BCUT2D eigenvalue weighted by atomic mass is 79.9. The number of amides is 1. The molecule has 0 saturated heterocycles. The Kier molecular flexibility index (Phi) is 3.18. The number of hydrogen-bond donors (Lipinski definition) is 1. The topological polar surface area (TPSA) is 60.1 Å². The lowest BCUT2D eigenvalue weighted by Crippen LogP contribution is -2.25. The molecule has 5 nitrogen and oxygen atoms in total. The van der Waals surface area contributed by atoms with E-state index in [0.717, 1.165) is 23.1 Å². The quantitative estimate of drug-likeness (QED) is 0.941. The molecule has 2 aromatic heterocycles. The van der Waals surface area contributed by atoms with E-state index < -0.39 is 0 Å². The van der Waals surface area contributed by atoms with Gasteiger partial charge in [-0.3, -0.25) is 4.79 Å².